The molecule has 0 atom stereocenters. The number of carbonyl (C=O) groups excluding carboxylic acids is 1. The molecule has 0 aliphatic heterocycles. The molecule has 0 radical (unpaired) electrons. The minimum absolute atomic E-state index is 0.00286. The number of amides is 1. The second-order valence-corrected chi connectivity index (χ2v) is 4.96. The van der Waals surface area contributed by atoms with E-state index in [1.807, 2.05) is 12.3 Å². The Labute approximate surface area is 98.4 Å². The molecule has 1 aromatic rings. The van der Waals surface area contributed by atoms with Crippen LogP contribution in [0.5, 0.6) is 0 Å². The lowest BCUT2D eigenvalue weighted by atomic mass is 10.3. The van der Waals surface area contributed by atoms with Crippen LogP contribution in [0.2, 0.25) is 0 Å². The van der Waals surface area contributed by atoms with Crippen molar-refractivity contribution in [1.29, 1.82) is 0 Å². The molecule has 0 unspecified atom stereocenters. The summed E-state index contributed by atoms with van der Waals surface area (Å²) in [4.78, 5) is 11.8. The predicted octanol–water partition coefficient (Wildman–Crippen LogP) is 1.40. The van der Waals surface area contributed by atoms with Gasteiger partial charge in [-0.1, -0.05) is 0 Å². The third-order valence-electron chi connectivity index (χ3n) is 2.71. The number of carbonyl (C=O) groups is 1. The van der Waals surface area contributed by atoms with E-state index in [4.69, 9.17) is 9.52 Å². The van der Waals surface area contributed by atoms with Crippen molar-refractivity contribution in [2.75, 3.05) is 12.9 Å². The number of rotatable bonds is 5. The second kappa shape index (κ2) is 4.51. The van der Waals surface area contributed by atoms with Crippen molar-refractivity contribution in [3.8, 4) is 0 Å². The van der Waals surface area contributed by atoms with Crippen molar-refractivity contribution >= 4 is 17.7 Å². The Morgan fingerprint density at radius 3 is 2.94 bits per heavy atom. The molecule has 5 heteroatoms. The molecule has 1 aliphatic rings. The Morgan fingerprint density at radius 1 is 1.62 bits per heavy atom. The Bertz CT molecular complexity index is 384. The van der Waals surface area contributed by atoms with E-state index in [0.29, 0.717) is 5.76 Å². The van der Waals surface area contributed by atoms with Gasteiger partial charge in [-0.2, -0.15) is 11.8 Å². The van der Waals surface area contributed by atoms with Gasteiger partial charge in [-0.3, -0.25) is 4.79 Å². The first-order valence-electron chi connectivity index (χ1n) is 5.20. The summed E-state index contributed by atoms with van der Waals surface area (Å²) in [6.07, 6.45) is 3.66. The highest BCUT2D eigenvalue weighted by Crippen LogP contribution is 2.34. The largest absolute Gasteiger partial charge is 0.455 e. The van der Waals surface area contributed by atoms with Crippen molar-refractivity contribution < 1.29 is 14.3 Å². The Hall–Kier alpha value is -0.940. The zero-order valence-electron chi connectivity index (χ0n) is 9.16. The monoisotopic (exact) mass is 241 g/mol. The van der Waals surface area contributed by atoms with Crippen molar-refractivity contribution in [3.63, 3.8) is 0 Å². The maximum absolute atomic E-state index is 11.8. The van der Waals surface area contributed by atoms with E-state index in [1.54, 1.807) is 17.8 Å². The zero-order chi connectivity index (χ0) is 11.6. The first-order chi connectivity index (χ1) is 7.69. The molecule has 2 N–H and O–H groups in total. The van der Waals surface area contributed by atoms with E-state index in [9.17, 15) is 4.79 Å². The van der Waals surface area contributed by atoms with Crippen molar-refractivity contribution in [1.82, 2.24) is 5.32 Å². The molecular weight excluding hydrogens is 226 g/mol. The van der Waals surface area contributed by atoms with E-state index >= 15 is 0 Å². The fraction of sp³-hybridized carbons (Fsp3) is 0.545. The van der Waals surface area contributed by atoms with E-state index in [1.165, 1.54) is 0 Å². The van der Waals surface area contributed by atoms with Crippen molar-refractivity contribution in [3.05, 3.63) is 23.7 Å². The highest BCUT2D eigenvalue weighted by Gasteiger charge is 2.43. The van der Waals surface area contributed by atoms with Crippen LogP contribution in [0.3, 0.4) is 0 Å². The fourth-order valence-electron chi connectivity index (χ4n) is 1.50. The smallest absolute Gasteiger partial charge is 0.287 e. The van der Waals surface area contributed by atoms with Gasteiger partial charge in [0.25, 0.3) is 5.91 Å². The molecule has 1 heterocycles. The quantitative estimate of drug-likeness (QED) is 0.818. The molecule has 1 amide bonds. The van der Waals surface area contributed by atoms with Crippen LogP contribution in [0.1, 0.15) is 29.2 Å². The predicted molar refractivity (Wildman–Crippen MR) is 62.4 cm³/mol. The standard InChI is InChI=1S/C11H15NO3S/c1-16-6-8-2-3-9(15-8)10(14)12-11(7-13)4-5-11/h2-3,13H,4-7H2,1H3,(H,12,14). The van der Waals surface area contributed by atoms with Crippen molar-refractivity contribution in [2.24, 2.45) is 0 Å². The summed E-state index contributed by atoms with van der Waals surface area (Å²) in [5, 5.41) is 11.9. The van der Waals surface area contributed by atoms with Crippen LogP contribution in [0.15, 0.2) is 16.5 Å². The van der Waals surface area contributed by atoms with Gasteiger partial charge < -0.3 is 14.8 Å². The van der Waals surface area contributed by atoms with Gasteiger partial charge >= 0.3 is 0 Å². The molecule has 1 saturated carbocycles. The maximum Gasteiger partial charge on any atom is 0.287 e. The van der Waals surface area contributed by atoms with Gasteiger partial charge in [-0.15, -0.1) is 0 Å². The van der Waals surface area contributed by atoms with Crippen LogP contribution in [-0.4, -0.2) is 29.4 Å². The van der Waals surface area contributed by atoms with Crippen LogP contribution in [-0.2, 0) is 5.75 Å². The minimum Gasteiger partial charge on any atom is -0.455 e. The molecule has 1 aromatic heterocycles. The van der Waals surface area contributed by atoms with E-state index in [2.05, 4.69) is 5.32 Å². The van der Waals surface area contributed by atoms with Crippen LogP contribution in [0.25, 0.3) is 0 Å². The van der Waals surface area contributed by atoms with Crippen molar-refractivity contribution in [2.45, 2.75) is 24.1 Å². The molecule has 88 valence electrons. The average Bonchev–Trinajstić information content (AvgIpc) is 2.88. The number of nitrogens with one attached hydrogen (secondary N) is 1. The summed E-state index contributed by atoms with van der Waals surface area (Å²) in [6.45, 7) is -0.00286. The minimum atomic E-state index is -0.385. The van der Waals surface area contributed by atoms with Gasteiger partial charge in [0.15, 0.2) is 5.76 Å². The van der Waals surface area contributed by atoms with Crippen LogP contribution >= 0.6 is 11.8 Å². The van der Waals surface area contributed by atoms with Gasteiger partial charge in [0.1, 0.15) is 5.76 Å². The first kappa shape index (κ1) is 11.5. The van der Waals surface area contributed by atoms with Gasteiger partial charge in [0, 0.05) is 0 Å². The number of aliphatic hydroxyl groups excluding tert-OH is 1. The number of aliphatic hydroxyl groups is 1. The lowest BCUT2D eigenvalue weighted by Crippen LogP contribution is -2.39. The van der Waals surface area contributed by atoms with Gasteiger partial charge in [-0.05, 0) is 31.2 Å². The van der Waals surface area contributed by atoms with E-state index < -0.39 is 0 Å². The average molecular weight is 241 g/mol. The molecule has 4 nitrogen and oxygen atoms in total. The van der Waals surface area contributed by atoms with Gasteiger partial charge in [0.2, 0.25) is 0 Å². The maximum atomic E-state index is 11.8. The zero-order valence-corrected chi connectivity index (χ0v) is 9.97. The first-order valence-corrected chi connectivity index (χ1v) is 6.59. The fourth-order valence-corrected chi connectivity index (χ4v) is 1.94. The number of hydrogen-bond acceptors (Lipinski definition) is 4. The molecule has 0 aromatic carbocycles. The molecule has 2 rings (SSSR count). The molecule has 1 aliphatic carbocycles. The number of furan rings is 1. The molecule has 1 fully saturated rings. The number of thioether (sulfide) groups is 1. The van der Waals surface area contributed by atoms with Gasteiger partial charge in [0.05, 0.1) is 17.9 Å². The molecule has 0 saturated heterocycles. The molecule has 16 heavy (non-hydrogen) atoms. The Morgan fingerprint density at radius 2 is 2.38 bits per heavy atom. The Balaban J connectivity index is 1.98. The van der Waals surface area contributed by atoms with Gasteiger partial charge in [-0.25, -0.2) is 0 Å². The highest BCUT2D eigenvalue weighted by molar-refractivity contribution is 7.97. The summed E-state index contributed by atoms with van der Waals surface area (Å²) in [7, 11) is 0. The molecule has 0 bridgehead atoms. The highest BCUT2D eigenvalue weighted by atomic mass is 32.2. The third kappa shape index (κ3) is 2.41. The summed E-state index contributed by atoms with van der Waals surface area (Å²) in [6, 6.07) is 3.48. The second-order valence-electron chi connectivity index (χ2n) is 4.09. The summed E-state index contributed by atoms with van der Waals surface area (Å²) in [5.41, 5.74) is -0.385. The van der Waals surface area contributed by atoms with Crippen LogP contribution in [0, 0.1) is 0 Å². The van der Waals surface area contributed by atoms with E-state index in [0.717, 1.165) is 24.4 Å². The topological polar surface area (TPSA) is 62.5 Å². The lowest BCUT2D eigenvalue weighted by Gasteiger charge is -2.12. The number of hydrogen-bond donors (Lipinski definition) is 2. The Kier molecular flexibility index (Phi) is 3.25. The van der Waals surface area contributed by atoms with Crippen LogP contribution < -0.4 is 5.32 Å². The van der Waals surface area contributed by atoms with Crippen LogP contribution in [0.4, 0.5) is 0 Å². The normalized spacial score (nSPS) is 17.1. The third-order valence-corrected chi connectivity index (χ3v) is 3.28. The summed E-state index contributed by atoms with van der Waals surface area (Å²) < 4.78 is 5.39. The lowest BCUT2D eigenvalue weighted by molar-refractivity contribution is 0.0877. The summed E-state index contributed by atoms with van der Waals surface area (Å²) in [5.74, 6) is 1.65. The molecular formula is C11H15NO3S. The summed E-state index contributed by atoms with van der Waals surface area (Å²) >= 11 is 1.64. The SMILES string of the molecule is CSCc1ccc(C(=O)NC2(CO)CC2)o1. The van der Waals surface area contributed by atoms with E-state index in [-0.39, 0.29) is 18.1 Å². The molecule has 0 spiro atoms.